The lowest BCUT2D eigenvalue weighted by Crippen LogP contribution is -2.42. The molecule has 0 bridgehead atoms. The smallest absolute Gasteiger partial charge is 0.227 e. The molecule has 2 saturated heterocycles. The minimum atomic E-state index is -0.253. The van der Waals surface area contributed by atoms with Gasteiger partial charge in [-0.1, -0.05) is 0 Å². The summed E-state index contributed by atoms with van der Waals surface area (Å²) in [6.07, 6.45) is 5.84. The van der Waals surface area contributed by atoms with Crippen molar-refractivity contribution in [1.82, 2.24) is 14.8 Å². The highest BCUT2D eigenvalue weighted by atomic mass is 16.5. The first-order chi connectivity index (χ1) is 15.1. The second-order valence-electron chi connectivity index (χ2n) is 8.51. The molecular weight excluding hydrogens is 394 g/mol. The van der Waals surface area contributed by atoms with Crippen LogP contribution < -0.4 is 4.74 Å². The van der Waals surface area contributed by atoms with Gasteiger partial charge < -0.3 is 23.9 Å². The highest BCUT2D eigenvalue weighted by molar-refractivity contribution is 5.89. The number of furan rings is 1. The minimum absolute atomic E-state index is 0.0253. The molecule has 7 heteroatoms. The van der Waals surface area contributed by atoms with Crippen LogP contribution in [0.2, 0.25) is 0 Å². The molecule has 1 N–H and O–H groups in total. The van der Waals surface area contributed by atoms with Crippen molar-refractivity contribution < 1.29 is 18.7 Å². The van der Waals surface area contributed by atoms with Crippen molar-refractivity contribution in [2.45, 2.75) is 31.7 Å². The summed E-state index contributed by atoms with van der Waals surface area (Å²) < 4.78 is 10.7. The maximum atomic E-state index is 13.1. The quantitative estimate of drug-likeness (QED) is 0.684. The maximum absolute atomic E-state index is 13.1. The zero-order valence-electron chi connectivity index (χ0n) is 17.7. The Hall–Kier alpha value is -3.22. The summed E-state index contributed by atoms with van der Waals surface area (Å²) in [5.74, 6) is 1.89. The molecule has 4 heterocycles. The summed E-state index contributed by atoms with van der Waals surface area (Å²) in [4.78, 5) is 32.5. The molecule has 2 aromatic heterocycles. The Morgan fingerprint density at radius 3 is 2.84 bits per heavy atom. The average Bonchev–Trinajstić information content (AvgIpc) is 3.54. The summed E-state index contributed by atoms with van der Waals surface area (Å²) in [5.41, 5.74) is 2.40. The number of amides is 2. The second kappa shape index (κ2) is 8.13. The number of H-pyrrole nitrogens is 1. The largest absolute Gasteiger partial charge is 0.497 e. The number of carbonyl (C=O) groups is 2. The second-order valence-corrected chi connectivity index (χ2v) is 8.51. The molecule has 0 radical (unpaired) electrons. The number of nitrogens with one attached hydrogen (secondary N) is 1. The van der Waals surface area contributed by atoms with Gasteiger partial charge in [0.05, 0.1) is 25.8 Å². The Balaban J connectivity index is 1.21. The van der Waals surface area contributed by atoms with Gasteiger partial charge >= 0.3 is 0 Å². The molecule has 2 amide bonds. The molecule has 1 atom stereocenters. The van der Waals surface area contributed by atoms with Gasteiger partial charge in [-0.15, -0.1) is 0 Å². The van der Waals surface area contributed by atoms with Gasteiger partial charge in [0.2, 0.25) is 11.8 Å². The molecule has 31 heavy (non-hydrogen) atoms. The first-order valence-corrected chi connectivity index (χ1v) is 10.9. The fourth-order valence-electron chi connectivity index (χ4n) is 4.94. The van der Waals surface area contributed by atoms with E-state index >= 15 is 0 Å². The summed E-state index contributed by atoms with van der Waals surface area (Å²) in [6, 6.07) is 9.75. The number of aromatic amines is 1. The Morgan fingerprint density at radius 1 is 1.26 bits per heavy atom. The van der Waals surface area contributed by atoms with E-state index in [0.29, 0.717) is 25.4 Å². The molecular formula is C24H27N3O4. The number of nitrogens with zero attached hydrogens (tertiary/aromatic N) is 2. The topological polar surface area (TPSA) is 78.8 Å². The molecule has 0 aliphatic carbocycles. The van der Waals surface area contributed by atoms with E-state index in [9.17, 15) is 9.59 Å². The van der Waals surface area contributed by atoms with Gasteiger partial charge in [-0.2, -0.15) is 0 Å². The van der Waals surface area contributed by atoms with Crippen LogP contribution >= 0.6 is 0 Å². The third-order valence-electron chi connectivity index (χ3n) is 6.66. The molecule has 7 nitrogen and oxygen atoms in total. The lowest BCUT2D eigenvalue weighted by atomic mass is 9.88. The predicted octanol–water partition coefficient (Wildman–Crippen LogP) is 3.52. The van der Waals surface area contributed by atoms with Crippen LogP contribution in [0.25, 0.3) is 10.9 Å². The third kappa shape index (κ3) is 3.80. The summed E-state index contributed by atoms with van der Waals surface area (Å²) in [6.45, 7) is 2.36. The number of carbonyl (C=O) groups excluding carboxylic acids is 2. The Bertz CT molecular complexity index is 1080. The van der Waals surface area contributed by atoms with Crippen LogP contribution in [-0.4, -0.2) is 53.3 Å². The van der Waals surface area contributed by atoms with E-state index in [1.165, 1.54) is 10.9 Å². The average molecular weight is 421 g/mol. The number of aromatic nitrogens is 1. The first-order valence-electron chi connectivity index (χ1n) is 10.9. The molecule has 0 saturated carbocycles. The van der Waals surface area contributed by atoms with Crippen molar-refractivity contribution in [2.75, 3.05) is 26.7 Å². The molecule has 5 rings (SSSR count). The van der Waals surface area contributed by atoms with Crippen molar-refractivity contribution in [1.29, 1.82) is 0 Å². The van der Waals surface area contributed by atoms with Gasteiger partial charge in [0.25, 0.3) is 0 Å². The van der Waals surface area contributed by atoms with Crippen molar-refractivity contribution in [3.05, 3.63) is 54.1 Å². The van der Waals surface area contributed by atoms with Crippen LogP contribution in [0.3, 0.4) is 0 Å². The van der Waals surface area contributed by atoms with Gasteiger partial charge in [-0.3, -0.25) is 9.59 Å². The number of piperidine rings is 1. The zero-order chi connectivity index (χ0) is 21.4. The zero-order valence-corrected chi connectivity index (χ0v) is 17.7. The van der Waals surface area contributed by atoms with Crippen molar-refractivity contribution >= 4 is 22.7 Å². The summed E-state index contributed by atoms with van der Waals surface area (Å²) in [5, 5.41) is 1.19. The predicted molar refractivity (Wildman–Crippen MR) is 116 cm³/mol. The number of hydrogen-bond donors (Lipinski definition) is 1. The highest BCUT2D eigenvalue weighted by Crippen LogP contribution is 2.35. The standard InChI is InChI=1S/C24H27N3O4/c1-30-18-4-5-22-20(12-18)21(13-25-22)16-6-8-26(9-7-16)24(29)17-11-23(28)27(14-17)15-19-3-2-10-31-19/h2-5,10,12-13,16-17,25H,6-9,11,14-15H2,1H3. The number of likely N-dealkylation sites (tertiary alicyclic amines) is 2. The van der Waals surface area contributed by atoms with E-state index in [-0.39, 0.29) is 17.7 Å². The molecule has 162 valence electrons. The van der Waals surface area contributed by atoms with E-state index in [1.54, 1.807) is 18.3 Å². The van der Waals surface area contributed by atoms with E-state index in [0.717, 1.165) is 43.0 Å². The SMILES string of the molecule is COc1ccc2[nH]cc(C3CCN(C(=O)C4CC(=O)N(Cc5ccco5)C4)CC3)c2c1. The molecule has 2 aliphatic rings. The number of benzene rings is 1. The van der Waals surface area contributed by atoms with E-state index in [1.807, 2.05) is 29.2 Å². The van der Waals surface area contributed by atoms with Crippen molar-refractivity contribution in [2.24, 2.45) is 5.92 Å². The highest BCUT2D eigenvalue weighted by Gasteiger charge is 2.38. The van der Waals surface area contributed by atoms with Gasteiger partial charge in [0.15, 0.2) is 0 Å². The number of rotatable bonds is 5. The Morgan fingerprint density at radius 2 is 2.10 bits per heavy atom. The fourth-order valence-corrected chi connectivity index (χ4v) is 4.94. The molecule has 3 aromatic rings. The normalized spacial score (nSPS) is 20.0. The lowest BCUT2D eigenvalue weighted by Gasteiger charge is -2.33. The van der Waals surface area contributed by atoms with Crippen LogP contribution in [0, 0.1) is 5.92 Å². The van der Waals surface area contributed by atoms with Crippen LogP contribution in [-0.2, 0) is 16.1 Å². The van der Waals surface area contributed by atoms with E-state index in [2.05, 4.69) is 17.2 Å². The maximum Gasteiger partial charge on any atom is 0.227 e. The van der Waals surface area contributed by atoms with Crippen LogP contribution in [0.5, 0.6) is 5.75 Å². The number of methoxy groups -OCH3 is 1. The van der Waals surface area contributed by atoms with E-state index in [4.69, 9.17) is 9.15 Å². The van der Waals surface area contributed by atoms with Crippen LogP contribution in [0.15, 0.2) is 47.2 Å². The van der Waals surface area contributed by atoms with E-state index < -0.39 is 0 Å². The summed E-state index contributed by atoms with van der Waals surface area (Å²) >= 11 is 0. The lowest BCUT2D eigenvalue weighted by molar-refractivity contribution is -0.136. The van der Waals surface area contributed by atoms with Crippen molar-refractivity contribution in [3.63, 3.8) is 0 Å². The number of hydrogen-bond acceptors (Lipinski definition) is 4. The Labute approximate surface area is 180 Å². The number of ether oxygens (including phenoxy) is 1. The molecule has 1 unspecified atom stereocenters. The molecule has 2 fully saturated rings. The third-order valence-corrected chi connectivity index (χ3v) is 6.66. The van der Waals surface area contributed by atoms with Gasteiger partial charge in [0.1, 0.15) is 11.5 Å². The van der Waals surface area contributed by atoms with Gasteiger partial charge in [-0.05, 0) is 54.7 Å². The van der Waals surface area contributed by atoms with Gasteiger partial charge in [0, 0.05) is 43.2 Å². The first kappa shape index (κ1) is 19.7. The van der Waals surface area contributed by atoms with Crippen LogP contribution in [0.4, 0.5) is 0 Å². The van der Waals surface area contributed by atoms with Crippen molar-refractivity contribution in [3.8, 4) is 5.75 Å². The minimum Gasteiger partial charge on any atom is -0.497 e. The van der Waals surface area contributed by atoms with Gasteiger partial charge in [-0.25, -0.2) is 0 Å². The summed E-state index contributed by atoms with van der Waals surface area (Å²) in [7, 11) is 1.68. The fraction of sp³-hybridized carbons (Fsp3) is 0.417. The molecule has 2 aliphatic heterocycles. The monoisotopic (exact) mass is 421 g/mol. The molecule has 0 spiro atoms. The molecule has 1 aromatic carbocycles. The van der Waals surface area contributed by atoms with Crippen LogP contribution in [0.1, 0.15) is 36.5 Å². The Kier molecular flexibility index (Phi) is 5.18. The number of fused-ring (bicyclic) bond motifs is 1.